The Balaban J connectivity index is 1.57. The number of amides is 3. The number of rotatable bonds is 13. The maximum Gasteiger partial charge on any atom is 0.326 e. The molecule has 0 bridgehead atoms. The van der Waals surface area contributed by atoms with Gasteiger partial charge in [-0.3, -0.25) is 14.4 Å². The number of H-pyrrole nitrogens is 1. The predicted octanol–water partition coefficient (Wildman–Crippen LogP) is -1.20. The van der Waals surface area contributed by atoms with Gasteiger partial charge in [0.25, 0.3) is 0 Å². The first kappa shape index (κ1) is 28.3. The minimum Gasteiger partial charge on any atom is -0.480 e. The third kappa shape index (κ3) is 7.38. The summed E-state index contributed by atoms with van der Waals surface area (Å²) in [6, 6.07) is 10.8. The lowest BCUT2D eigenvalue weighted by molar-refractivity contribution is -0.142. The number of aliphatic carboxylic acids is 1. The number of hydrogen-bond donors (Lipinski definition) is 8. The summed E-state index contributed by atoms with van der Waals surface area (Å²) in [6.45, 7) is -1.65. The van der Waals surface area contributed by atoms with Crippen LogP contribution in [0.1, 0.15) is 11.1 Å². The van der Waals surface area contributed by atoms with Crippen LogP contribution in [0.3, 0.4) is 0 Å². The zero-order valence-electron chi connectivity index (χ0n) is 20.5. The standard InChI is InChI=1S/C26H31N5O7/c27-18(11-16-12-28-19-9-5-4-8-17(16)19)23(34)30-21(13-32)25(36)31-22(14-33)24(35)29-20(26(37)38)10-15-6-2-1-3-7-15/h1-9,12,18,20-22,28,32-33H,10-11,13-14,27H2,(H,29,35)(H,30,34)(H,31,36)(H,37,38). The van der Waals surface area contributed by atoms with Gasteiger partial charge in [-0.2, -0.15) is 0 Å². The fraction of sp³-hybridized carbons (Fsp3) is 0.308. The minimum atomic E-state index is -1.52. The van der Waals surface area contributed by atoms with Crippen molar-refractivity contribution < 1.29 is 34.5 Å². The number of nitrogens with one attached hydrogen (secondary N) is 4. The topological polar surface area (TPSA) is 207 Å². The van der Waals surface area contributed by atoms with Gasteiger partial charge in [-0.05, 0) is 23.6 Å². The van der Waals surface area contributed by atoms with Gasteiger partial charge in [0.2, 0.25) is 17.7 Å². The van der Waals surface area contributed by atoms with Crippen LogP contribution in [0.25, 0.3) is 10.9 Å². The van der Waals surface area contributed by atoms with Crippen LogP contribution in [0, 0.1) is 0 Å². The number of aliphatic hydroxyl groups excluding tert-OH is 2. The summed E-state index contributed by atoms with van der Waals surface area (Å²) >= 11 is 0. The van der Waals surface area contributed by atoms with E-state index in [1.165, 1.54) is 0 Å². The van der Waals surface area contributed by atoms with E-state index in [0.717, 1.165) is 16.5 Å². The molecule has 38 heavy (non-hydrogen) atoms. The van der Waals surface area contributed by atoms with Crippen molar-refractivity contribution in [1.29, 1.82) is 0 Å². The van der Waals surface area contributed by atoms with E-state index in [2.05, 4.69) is 20.9 Å². The Kier molecular flexibility index (Phi) is 9.93. The number of aliphatic hydroxyl groups is 2. The van der Waals surface area contributed by atoms with Crippen LogP contribution in [0.4, 0.5) is 0 Å². The molecule has 4 unspecified atom stereocenters. The minimum absolute atomic E-state index is 0.0162. The van der Waals surface area contributed by atoms with Crippen molar-refractivity contribution in [2.75, 3.05) is 13.2 Å². The monoisotopic (exact) mass is 525 g/mol. The van der Waals surface area contributed by atoms with Crippen molar-refractivity contribution in [3.8, 4) is 0 Å². The molecule has 0 saturated carbocycles. The molecule has 3 rings (SSSR count). The number of carboxylic acids is 1. The zero-order chi connectivity index (χ0) is 27.7. The number of carboxylic acid groups (broad SMARTS) is 1. The SMILES string of the molecule is NC(Cc1c[nH]c2ccccc12)C(=O)NC(CO)C(=O)NC(CO)C(=O)NC(Cc1ccccc1)C(=O)O. The molecule has 0 radical (unpaired) electrons. The van der Waals surface area contributed by atoms with Gasteiger partial charge in [0, 0.05) is 23.5 Å². The Labute approximate surface area is 218 Å². The van der Waals surface area contributed by atoms with Crippen LogP contribution in [0.5, 0.6) is 0 Å². The van der Waals surface area contributed by atoms with Gasteiger partial charge in [-0.15, -0.1) is 0 Å². The third-order valence-corrected chi connectivity index (χ3v) is 5.98. The number of carbonyl (C=O) groups excluding carboxylic acids is 3. The van der Waals surface area contributed by atoms with E-state index in [-0.39, 0.29) is 12.8 Å². The molecule has 0 spiro atoms. The Morgan fingerprint density at radius 1 is 0.763 bits per heavy atom. The first-order valence-corrected chi connectivity index (χ1v) is 11.9. The van der Waals surface area contributed by atoms with E-state index in [1.807, 2.05) is 24.3 Å². The number of para-hydroxylation sites is 1. The maximum atomic E-state index is 12.7. The summed E-state index contributed by atoms with van der Waals surface area (Å²) in [6.07, 6.45) is 1.88. The second-order valence-corrected chi connectivity index (χ2v) is 8.75. The number of fused-ring (bicyclic) bond motifs is 1. The molecular weight excluding hydrogens is 494 g/mol. The average Bonchev–Trinajstić information content (AvgIpc) is 3.32. The zero-order valence-corrected chi connectivity index (χ0v) is 20.5. The highest BCUT2D eigenvalue weighted by Gasteiger charge is 2.30. The Bertz CT molecular complexity index is 1260. The predicted molar refractivity (Wildman–Crippen MR) is 138 cm³/mol. The van der Waals surface area contributed by atoms with Crippen LogP contribution in [0.15, 0.2) is 60.8 Å². The van der Waals surface area contributed by atoms with E-state index >= 15 is 0 Å². The van der Waals surface area contributed by atoms with E-state index in [9.17, 15) is 34.5 Å². The summed E-state index contributed by atoms with van der Waals surface area (Å²) in [5.74, 6) is -3.90. The van der Waals surface area contributed by atoms with Gasteiger partial charge in [0.1, 0.15) is 18.1 Å². The summed E-state index contributed by atoms with van der Waals surface area (Å²) in [7, 11) is 0. The molecule has 0 saturated heterocycles. The highest BCUT2D eigenvalue weighted by atomic mass is 16.4. The van der Waals surface area contributed by atoms with Crippen LogP contribution in [-0.2, 0) is 32.0 Å². The average molecular weight is 526 g/mol. The van der Waals surface area contributed by atoms with Crippen molar-refractivity contribution in [1.82, 2.24) is 20.9 Å². The van der Waals surface area contributed by atoms with Crippen molar-refractivity contribution in [2.45, 2.75) is 37.0 Å². The van der Waals surface area contributed by atoms with Crippen LogP contribution in [-0.4, -0.2) is 81.4 Å². The van der Waals surface area contributed by atoms with Crippen molar-refractivity contribution in [3.05, 3.63) is 71.9 Å². The second-order valence-electron chi connectivity index (χ2n) is 8.75. The molecule has 3 aromatic rings. The van der Waals surface area contributed by atoms with Gasteiger partial charge >= 0.3 is 5.97 Å². The number of benzene rings is 2. The molecule has 3 amide bonds. The maximum absolute atomic E-state index is 12.7. The molecule has 0 aliphatic rings. The molecule has 2 aromatic carbocycles. The van der Waals surface area contributed by atoms with E-state index < -0.39 is 61.1 Å². The van der Waals surface area contributed by atoms with Crippen molar-refractivity contribution in [2.24, 2.45) is 5.73 Å². The fourth-order valence-electron chi connectivity index (χ4n) is 3.89. The number of aromatic amines is 1. The molecule has 1 heterocycles. The summed E-state index contributed by atoms with van der Waals surface area (Å²) in [5.41, 5.74) is 8.37. The Morgan fingerprint density at radius 2 is 1.32 bits per heavy atom. The Morgan fingerprint density at radius 3 is 1.92 bits per heavy atom. The lowest BCUT2D eigenvalue weighted by Gasteiger charge is -2.23. The normalized spacial score (nSPS) is 14.2. The molecule has 1 aromatic heterocycles. The highest BCUT2D eigenvalue weighted by molar-refractivity contribution is 5.94. The molecular formula is C26H31N5O7. The molecule has 12 nitrogen and oxygen atoms in total. The van der Waals surface area contributed by atoms with Crippen molar-refractivity contribution >= 4 is 34.6 Å². The third-order valence-electron chi connectivity index (χ3n) is 5.98. The molecule has 12 heteroatoms. The first-order valence-electron chi connectivity index (χ1n) is 11.9. The molecule has 0 aliphatic carbocycles. The lowest BCUT2D eigenvalue weighted by Crippen LogP contribution is -2.59. The quantitative estimate of drug-likeness (QED) is 0.136. The van der Waals surface area contributed by atoms with E-state index in [1.54, 1.807) is 36.5 Å². The fourth-order valence-corrected chi connectivity index (χ4v) is 3.89. The molecule has 4 atom stereocenters. The van der Waals surface area contributed by atoms with Gasteiger partial charge in [0.15, 0.2) is 0 Å². The molecule has 0 aliphatic heterocycles. The molecule has 9 N–H and O–H groups in total. The first-order chi connectivity index (χ1) is 18.2. The Hall–Kier alpha value is -4.26. The smallest absolute Gasteiger partial charge is 0.326 e. The van der Waals surface area contributed by atoms with Gasteiger partial charge in [-0.1, -0.05) is 48.5 Å². The van der Waals surface area contributed by atoms with E-state index in [0.29, 0.717) is 5.56 Å². The number of carbonyl (C=O) groups is 4. The van der Waals surface area contributed by atoms with Gasteiger partial charge in [0.05, 0.1) is 19.3 Å². The summed E-state index contributed by atoms with van der Waals surface area (Å²) in [5, 5.41) is 36.6. The van der Waals surface area contributed by atoms with Gasteiger partial charge in [-0.25, -0.2) is 4.79 Å². The lowest BCUT2D eigenvalue weighted by atomic mass is 10.0. The molecule has 202 valence electrons. The van der Waals surface area contributed by atoms with Gasteiger partial charge < -0.3 is 42.0 Å². The van der Waals surface area contributed by atoms with Crippen LogP contribution in [0.2, 0.25) is 0 Å². The number of hydrogen-bond acceptors (Lipinski definition) is 7. The van der Waals surface area contributed by atoms with Crippen LogP contribution >= 0.6 is 0 Å². The number of nitrogens with two attached hydrogens (primary N) is 1. The largest absolute Gasteiger partial charge is 0.480 e. The number of aromatic nitrogens is 1. The molecule has 0 fully saturated rings. The second kappa shape index (κ2) is 13.3. The van der Waals surface area contributed by atoms with Crippen LogP contribution < -0.4 is 21.7 Å². The highest BCUT2D eigenvalue weighted by Crippen LogP contribution is 2.18. The summed E-state index contributed by atoms with van der Waals surface area (Å²) in [4.78, 5) is 52.6. The van der Waals surface area contributed by atoms with E-state index in [4.69, 9.17) is 5.73 Å². The summed E-state index contributed by atoms with van der Waals surface area (Å²) < 4.78 is 0. The van der Waals surface area contributed by atoms with Crippen molar-refractivity contribution in [3.63, 3.8) is 0 Å².